The van der Waals surface area contributed by atoms with Crippen molar-refractivity contribution in [2.75, 3.05) is 18.5 Å². The fourth-order valence-corrected chi connectivity index (χ4v) is 2.11. The minimum Gasteiger partial charge on any atom is -0.381 e. The molecule has 1 aromatic carbocycles. The highest BCUT2D eigenvalue weighted by atomic mass is 79.9. The second kappa shape index (κ2) is 5.60. The van der Waals surface area contributed by atoms with Crippen molar-refractivity contribution in [3.05, 3.63) is 28.5 Å². The minimum absolute atomic E-state index is 0.174. The highest BCUT2D eigenvalue weighted by Gasteiger charge is 2.22. The van der Waals surface area contributed by atoms with Gasteiger partial charge in [-0.15, -0.1) is 0 Å². The Kier molecular flexibility index (Phi) is 4.12. The molecular formula is C12H13BrFNO2. The lowest BCUT2D eigenvalue weighted by Crippen LogP contribution is -2.30. The second-order valence-electron chi connectivity index (χ2n) is 4.03. The molecule has 1 aliphatic rings. The molecule has 0 saturated carbocycles. The molecule has 0 bridgehead atoms. The van der Waals surface area contributed by atoms with E-state index < -0.39 is 5.82 Å². The van der Waals surface area contributed by atoms with Gasteiger partial charge in [-0.05, 0) is 31.0 Å². The van der Waals surface area contributed by atoms with E-state index in [1.165, 1.54) is 6.07 Å². The number of halogens is 2. The summed E-state index contributed by atoms with van der Waals surface area (Å²) in [6.45, 7) is 1.13. The fourth-order valence-electron chi connectivity index (χ4n) is 1.77. The maximum atomic E-state index is 13.5. The largest absolute Gasteiger partial charge is 0.381 e. The maximum Gasteiger partial charge on any atom is 0.229 e. The van der Waals surface area contributed by atoms with Gasteiger partial charge in [0.25, 0.3) is 0 Å². The summed E-state index contributed by atoms with van der Waals surface area (Å²) in [5, 5.41) is 2.59. The average Bonchev–Trinajstić information content (AvgIpc) is 2.34. The standard InChI is InChI=1S/C12H13BrFNO2/c13-9-3-4-11(10(14)6-9)15-12(16)8-2-1-5-17-7-8/h3-4,6,8H,1-2,5,7H2,(H,15,16). The summed E-state index contributed by atoms with van der Waals surface area (Å²) in [6.07, 6.45) is 1.67. The van der Waals surface area contributed by atoms with Gasteiger partial charge in [0.2, 0.25) is 5.91 Å². The van der Waals surface area contributed by atoms with Gasteiger partial charge < -0.3 is 10.1 Å². The van der Waals surface area contributed by atoms with Crippen molar-refractivity contribution in [1.29, 1.82) is 0 Å². The van der Waals surface area contributed by atoms with Crippen molar-refractivity contribution in [2.24, 2.45) is 5.92 Å². The number of benzene rings is 1. The van der Waals surface area contributed by atoms with Crippen LogP contribution in [0.3, 0.4) is 0 Å². The van der Waals surface area contributed by atoms with Crippen molar-refractivity contribution < 1.29 is 13.9 Å². The monoisotopic (exact) mass is 301 g/mol. The number of carbonyl (C=O) groups is 1. The number of nitrogens with one attached hydrogen (secondary N) is 1. The van der Waals surface area contributed by atoms with Gasteiger partial charge in [-0.25, -0.2) is 4.39 Å². The van der Waals surface area contributed by atoms with E-state index in [0.29, 0.717) is 17.7 Å². The molecule has 2 rings (SSSR count). The lowest BCUT2D eigenvalue weighted by atomic mass is 10.0. The lowest BCUT2D eigenvalue weighted by molar-refractivity contribution is -0.123. The Hall–Kier alpha value is -0.940. The van der Waals surface area contributed by atoms with E-state index in [9.17, 15) is 9.18 Å². The molecule has 0 spiro atoms. The first-order valence-electron chi connectivity index (χ1n) is 5.50. The highest BCUT2D eigenvalue weighted by molar-refractivity contribution is 9.10. The zero-order valence-electron chi connectivity index (χ0n) is 9.21. The van der Waals surface area contributed by atoms with Crippen LogP contribution >= 0.6 is 15.9 Å². The Morgan fingerprint density at radius 3 is 3.00 bits per heavy atom. The van der Waals surface area contributed by atoms with Crippen LogP contribution in [-0.2, 0) is 9.53 Å². The van der Waals surface area contributed by atoms with Gasteiger partial charge in [0.15, 0.2) is 0 Å². The normalized spacial score (nSPS) is 20.0. The minimum atomic E-state index is -0.440. The van der Waals surface area contributed by atoms with Crippen LogP contribution in [0.5, 0.6) is 0 Å². The molecule has 1 atom stereocenters. The number of amides is 1. The molecule has 1 N–H and O–H groups in total. The van der Waals surface area contributed by atoms with Crippen LogP contribution in [0.2, 0.25) is 0 Å². The third-order valence-corrected chi connectivity index (χ3v) is 3.21. The molecule has 1 aliphatic heterocycles. The lowest BCUT2D eigenvalue weighted by Gasteiger charge is -2.21. The van der Waals surface area contributed by atoms with Gasteiger partial charge in [0.1, 0.15) is 5.82 Å². The molecular weight excluding hydrogens is 289 g/mol. The number of hydrogen-bond donors (Lipinski definition) is 1. The van der Waals surface area contributed by atoms with E-state index in [-0.39, 0.29) is 17.5 Å². The molecule has 1 heterocycles. The van der Waals surface area contributed by atoms with Crippen LogP contribution in [0, 0.1) is 11.7 Å². The second-order valence-corrected chi connectivity index (χ2v) is 4.94. The number of carbonyl (C=O) groups excluding carboxylic acids is 1. The summed E-state index contributed by atoms with van der Waals surface area (Å²) >= 11 is 3.17. The molecule has 1 amide bonds. The van der Waals surface area contributed by atoms with Crippen molar-refractivity contribution in [2.45, 2.75) is 12.8 Å². The maximum absolute atomic E-state index is 13.5. The summed E-state index contributed by atoms with van der Waals surface area (Å²) in [4.78, 5) is 11.8. The van der Waals surface area contributed by atoms with Crippen molar-refractivity contribution in [3.63, 3.8) is 0 Å². The Morgan fingerprint density at radius 1 is 1.53 bits per heavy atom. The average molecular weight is 302 g/mol. The third kappa shape index (κ3) is 3.26. The number of rotatable bonds is 2. The van der Waals surface area contributed by atoms with E-state index in [4.69, 9.17) is 4.74 Å². The van der Waals surface area contributed by atoms with E-state index >= 15 is 0 Å². The molecule has 5 heteroatoms. The Morgan fingerprint density at radius 2 is 2.35 bits per heavy atom. The van der Waals surface area contributed by atoms with Crippen LogP contribution in [-0.4, -0.2) is 19.1 Å². The molecule has 0 radical (unpaired) electrons. The van der Waals surface area contributed by atoms with E-state index in [0.717, 1.165) is 12.8 Å². The van der Waals surface area contributed by atoms with Crippen LogP contribution in [0.25, 0.3) is 0 Å². The summed E-state index contributed by atoms with van der Waals surface area (Å²) in [6, 6.07) is 4.56. The topological polar surface area (TPSA) is 38.3 Å². The molecule has 1 unspecified atom stereocenters. The van der Waals surface area contributed by atoms with Gasteiger partial charge in [-0.1, -0.05) is 15.9 Å². The van der Waals surface area contributed by atoms with Crippen LogP contribution in [0.1, 0.15) is 12.8 Å². The molecule has 1 saturated heterocycles. The van der Waals surface area contributed by atoms with Gasteiger partial charge in [-0.2, -0.15) is 0 Å². The number of ether oxygens (including phenoxy) is 1. The Bertz CT molecular complexity index is 419. The SMILES string of the molecule is O=C(Nc1ccc(Br)cc1F)C1CCCOC1. The quantitative estimate of drug-likeness (QED) is 0.912. The molecule has 0 aromatic heterocycles. The first-order valence-corrected chi connectivity index (χ1v) is 6.30. The highest BCUT2D eigenvalue weighted by Crippen LogP contribution is 2.21. The molecule has 1 fully saturated rings. The molecule has 3 nitrogen and oxygen atoms in total. The predicted molar refractivity (Wildman–Crippen MR) is 66.3 cm³/mol. The van der Waals surface area contributed by atoms with Crippen molar-refractivity contribution in [3.8, 4) is 0 Å². The van der Waals surface area contributed by atoms with Gasteiger partial charge in [-0.3, -0.25) is 4.79 Å². The summed E-state index contributed by atoms with van der Waals surface area (Å²) in [5.41, 5.74) is 0.212. The molecule has 92 valence electrons. The van der Waals surface area contributed by atoms with Crippen LogP contribution in [0.4, 0.5) is 10.1 Å². The van der Waals surface area contributed by atoms with Gasteiger partial charge in [0.05, 0.1) is 18.2 Å². The Balaban J connectivity index is 2.02. The zero-order chi connectivity index (χ0) is 12.3. The van der Waals surface area contributed by atoms with Crippen molar-refractivity contribution in [1.82, 2.24) is 0 Å². The van der Waals surface area contributed by atoms with Crippen LogP contribution in [0.15, 0.2) is 22.7 Å². The summed E-state index contributed by atoms with van der Waals surface area (Å²) in [5.74, 6) is -0.790. The fraction of sp³-hybridized carbons (Fsp3) is 0.417. The van der Waals surface area contributed by atoms with E-state index in [2.05, 4.69) is 21.2 Å². The van der Waals surface area contributed by atoms with Gasteiger partial charge >= 0.3 is 0 Å². The first-order chi connectivity index (χ1) is 8.16. The van der Waals surface area contributed by atoms with Crippen molar-refractivity contribution >= 4 is 27.5 Å². The smallest absolute Gasteiger partial charge is 0.229 e. The molecule has 17 heavy (non-hydrogen) atoms. The number of hydrogen-bond acceptors (Lipinski definition) is 2. The predicted octanol–water partition coefficient (Wildman–Crippen LogP) is 2.95. The van der Waals surface area contributed by atoms with Gasteiger partial charge in [0, 0.05) is 11.1 Å². The summed E-state index contributed by atoms with van der Waals surface area (Å²) in [7, 11) is 0. The first kappa shape index (κ1) is 12.5. The van der Waals surface area contributed by atoms with Crippen LogP contribution < -0.4 is 5.32 Å². The van der Waals surface area contributed by atoms with E-state index in [1.54, 1.807) is 12.1 Å². The summed E-state index contributed by atoms with van der Waals surface area (Å²) < 4.78 is 19.4. The number of anilines is 1. The molecule has 1 aromatic rings. The Labute approximate surface area is 107 Å². The third-order valence-electron chi connectivity index (χ3n) is 2.72. The van der Waals surface area contributed by atoms with E-state index in [1.807, 2.05) is 0 Å². The molecule has 0 aliphatic carbocycles. The zero-order valence-corrected chi connectivity index (χ0v) is 10.8.